The van der Waals surface area contributed by atoms with Gasteiger partial charge in [0.2, 0.25) is 0 Å². The Bertz CT molecular complexity index is 464. The molecule has 0 spiro atoms. The Balaban J connectivity index is 1.73. The number of piperazine rings is 1. The number of thiol groups is 1. The molecule has 1 amide bonds. The standard InChI is InChI=1S/C14H20FN3OS/c15-13-3-2-11(20)10-12(13)14(19)17-4-1-7-18-8-5-16-6-9-18/h2-3,10,16,20H,1,4-9H2,(H,17,19). The quantitative estimate of drug-likeness (QED) is 0.564. The summed E-state index contributed by atoms with van der Waals surface area (Å²) in [6.07, 6.45) is 0.869. The Labute approximate surface area is 124 Å². The first-order valence-corrected chi connectivity index (χ1v) is 7.31. The molecule has 1 aliphatic rings. The molecule has 20 heavy (non-hydrogen) atoms. The van der Waals surface area contributed by atoms with Gasteiger partial charge in [-0.2, -0.15) is 0 Å². The van der Waals surface area contributed by atoms with Crippen molar-refractivity contribution in [2.24, 2.45) is 0 Å². The van der Waals surface area contributed by atoms with Crippen LogP contribution in [0.1, 0.15) is 16.8 Å². The Kier molecular flexibility index (Phi) is 5.82. The van der Waals surface area contributed by atoms with Crippen molar-refractivity contribution >= 4 is 18.5 Å². The number of hydrogen-bond donors (Lipinski definition) is 3. The Morgan fingerprint density at radius 3 is 2.90 bits per heavy atom. The van der Waals surface area contributed by atoms with Crippen molar-refractivity contribution < 1.29 is 9.18 Å². The molecule has 1 aromatic carbocycles. The molecule has 1 aromatic rings. The maximum atomic E-state index is 13.5. The molecular weight excluding hydrogens is 277 g/mol. The van der Waals surface area contributed by atoms with E-state index < -0.39 is 5.82 Å². The number of carbonyl (C=O) groups excluding carboxylic acids is 1. The molecule has 1 saturated heterocycles. The first-order chi connectivity index (χ1) is 9.66. The van der Waals surface area contributed by atoms with Crippen LogP contribution in [0.5, 0.6) is 0 Å². The third kappa shape index (κ3) is 4.47. The molecule has 4 nitrogen and oxygen atoms in total. The van der Waals surface area contributed by atoms with Crippen LogP contribution in [0.15, 0.2) is 23.1 Å². The van der Waals surface area contributed by atoms with Crippen LogP contribution in [0, 0.1) is 5.82 Å². The van der Waals surface area contributed by atoms with Crippen molar-refractivity contribution in [3.63, 3.8) is 0 Å². The van der Waals surface area contributed by atoms with E-state index in [-0.39, 0.29) is 11.5 Å². The average molecular weight is 297 g/mol. The highest BCUT2D eigenvalue weighted by Gasteiger charge is 2.12. The summed E-state index contributed by atoms with van der Waals surface area (Å²) in [7, 11) is 0. The topological polar surface area (TPSA) is 44.4 Å². The zero-order chi connectivity index (χ0) is 14.4. The van der Waals surface area contributed by atoms with Crippen molar-refractivity contribution in [3.8, 4) is 0 Å². The lowest BCUT2D eigenvalue weighted by atomic mass is 10.2. The Morgan fingerprint density at radius 1 is 1.40 bits per heavy atom. The lowest BCUT2D eigenvalue weighted by Gasteiger charge is -2.27. The van der Waals surface area contributed by atoms with Crippen molar-refractivity contribution in [1.29, 1.82) is 0 Å². The molecular formula is C14H20FN3OS. The van der Waals surface area contributed by atoms with Gasteiger partial charge in [0.1, 0.15) is 5.82 Å². The van der Waals surface area contributed by atoms with Gasteiger partial charge in [-0.25, -0.2) is 4.39 Å². The summed E-state index contributed by atoms with van der Waals surface area (Å²) >= 11 is 4.12. The van der Waals surface area contributed by atoms with Crippen LogP contribution in [0.2, 0.25) is 0 Å². The summed E-state index contributed by atoms with van der Waals surface area (Å²) in [5.41, 5.74) is 0.0553. The van der Waals surface area contributed by atoms with Crippen LogP contribution in [-0.4, -0.2) is 50.1 Å². The molecule has 0 saturated carbocycles. The van der Waals surface area contributed by atoms with Crippen molar-refractivity contribution in [2.45, 2.75) is 11.3 Å². The second-order valence-corrected chi connectivity index (χ2v) is 5.38. The summed E-state index contributed by atoms with van der Waals surface area (Å²) in [6.45, 7) is 5.64. The van der Waals surface area contributed by atoms with Crippen molar-refractivity contribution in [1.82, 2.24) is 15.5 Å². The van der Waals surface area contributed by atoms with Gasteiger partial charge in [0.25, 0.3) is 5.91 Å². The summed E-state index contributed by atoms with van der Waals surface area (Å²) < 4.78 is 13.5. The van der Waals surface area contributed by atoms with Crippen LogP contribution in [0.4, 0.5) is 4.39 Å². The molecule has 0 bridgehead atoms. The molecule has 0 atom stereocenters. The predicted octanol–water partition coefficient (Wildman–Crippen LogP) is 1.14. The van der Waals surface area contributed by atoms with Gasteiger partial charge in [-0.15, -0.1) is 12.6 Å². The molecule has 0 aliphatic carbocycles. The van der Waals surface area contributed by atoms with Gasteiger partial charge in [0, 0.05) is 37.6 Å². The molecule has 0 aromatic heterocycles. The number of nitrogens with one attached hydrogen (secondary N) is 2. The number of halogens is 1. The SMILES string of the molecule is O=C(NCCCN1CCNCC1)c1cc(S)ccc1F. The molecule has 1 aliphatic heterocycles. The Morgan fingerprint density at radius 2 is 2.15 bits per heavy atom. The monoisotopic (exact) mass is 297 g/mol. The zero-order valence-electron chi connectivity index (χ0n) is 11.4. The molecule has 1 heterocycles. The highest BCUT2D eigenvalue weighted by molar-refractivity contribution is 7.80. The number of carbonyl (C=O) groups is 1. The zero-order valence-corrected chi connectivity index (χ0v) is 12.3. The van der Waals surface area contributed by atoms with Crippen LogP contribution in [0.25, 0.3) is 0 Å². The third-order valence-electron chi connectivity index (χ3n) is 3.34. The van der Waals surface area contributed by atoms with Gasteiger partial charge in [-0.1, -0.05) is 0 Å². The first kappa shape index (κ1) is 15.3. The van der Waals surface area contributed by atoms with E-state index in [2.05, 4.69) is 28.2 Å². The summed E-state index contributed by atoms with van der Waals surface area (Å²) in [5.74, 6) is -0.888. The van der Waals surface area contributed by atoms with Crippen LogP contribution < -0.4 is 10.6 Å². The van der Waals surface area contributed by atoms with E-state index in [1.54, 1.807) is 0 Å². The minimum Gasteiger partial charge on any atom is -0.352 e. The molecule has 2 N–H and O–H groups in total. The normalized spacial score (nSPS) is 16.1. The fraction of sp³-hybridized carbons (Fsp3) is 0.500. The second kappa shape index (κ2) is 7.61. The van der Waals surface area contributed by atoms with E-state index >= 15 is 0 Å². The lowest BCUT2D eigenvalue weighted by Crippen LogP contribution is -2.44. The van der Waals surface area contributed by atoms with Crippen molar-refractivity contribution in [3.05, 3.63) is 29.6 Å². The molecule has 0 radical (unpaired) electrons. The maximum Gasteiger partial charge on any atom is 0.254 e. The number of nitrogens with zero attached hydrogens (tertiary/aromatic N) is 1. The summed E-state index contributed by atoms with van der Waals surface area (Å²) in [4.78, 5) is 14.8. The summed E-state index contributed by atoms with van der Waals surface area (Å²) in [5, 5.41) is 6.05. The maximum absolute atomic E-state index is 13.5. The van der Waals surface area contributed by atoms with Gasteiger partial charge in [-0.05, 0) is 31.2 Å². The lowest BCUT2D eigenvalue weighted by molar-refractivity contribution is 0.0947. The van der Waals surface area contributed by atoms with Crippen molar-refractivity contribution in [2.75, 3.05) is 39.3 Å². The summed E-state index contributed by atoms with van der Waals surface area (Å²) in [6, 6.07) is 4.24. The van der Waals surface area contributed by atoms with Gasteiger partial charge in [0.05, 0.1) is 5.56 Å². The van der Waals surface area contributed by atoms with Crippen LogP contribution in [-0.2, 0) is 0 Å². The first-order valence-electron chi connectivity index (χ1n) is 6.86. The van der Waals surface area contributed by atoms with Gasteiger partial charge in [0.15, 0.2) is 0 Å². The van der Waals surface area contributed by atoms with Gasteiger partial charge >= 0.3 is 0 Å². The van der Waals surface area contributed by atoms with E-state index in [0.29, 0.717) is 11.4 Å². The van der Waals surface area contributed by atoms with Gasteiger partial charge < -0.3 is 15.5 Å². The molecule has 6 heteroatoms. The molecule has 110 valence electrons. The fourth-order valence-electron chi connectivity index (χ4n) is 2.22. The predicted molar refractivity (Wildman–Crippen MR) is 79.9 cm³/mol. The minimum atomic E-state index is -0.512. The van der Waals surface area contributed by atoms with Gasteiger partial charge in [-0.3, -0.25) is 4.79 Å². The van der Waals surface area contributed by atoms with E-state index in [9.17, 15) is 9.18 Å². The van der Waals surface area contributed by atoms with E-state index in [0.717, 1.165) is 39.1 Å². The minimum absolute atomic E-state index is 0.0553. The van der Waals surface area contributed by atoms with E-state index in [4.69, 9.17) is 0 Å². The fourth-order valence-corrected chi connectivity index (χ4v) is 2.43. The average Bonchev–Trinajstić information content (AvgIpc) is 2.47. The molecule has 1 fully saturated rings. The second-order valence-electron chi connectivity index (χ2n) is 4.87. The van der Waals surface area contributed by atoms with E-state index in [1.165, 1.54) is 18.2 Å². The van der Waals surface area contributed by atoms with E-state index in [1.807, 2.05) is 0 Å². The number of hydrogen-bond acceptors (Lipinski definition) is 4. The highest BCUT2D eigenvalue weighted by atomic mass is 32.1. The smallest absolute Gasteiger partial charge is 0.254 e. The number of amides is 1. The van der Waals surface area contributed by atoms with Crippen LogP contribution in [0.3, 0.4) is 0 Å². The number of rotatable bonds is 5. The molecule has 2 rings (SSSR count). The van der Waals surface area contributed by atoms with Crippen LogP contribution >= 0.6 is 12.6 Å². The highest BCUT2D eigenvalue weighted by Crippen LogP contribution is 2.13. The third-order valence-corrected chi connectivity index (χ3v) is 3.62. The Hall–Kier alpha value is -1.11. The number of benzene rings is 1. The molecule has 0 unspecified atom stereocenters. The largest absolute Gasteiger partial charge is 0.352 e.